The third-order valence-corrected chi connectivity index (χ3v) is 18.3. The molecule has 107 heavy (non-hydrogen) atoms. The summed E-state index contributed by atoms with van der Waals surface area (Å²) in [5.41, 5.74) is -0.885. The van der Waals surface area contributed by atoms with E-state index in [1.54, 1.807) is 21.6 Å². The van der Waals surface area contributed by atoms with Crippen molar-refractivity contribution in [1.29, 1.82) is 0 Å². The molecule has 25 nitrogen and oxygen atoms in total. The number of quaternary nitrogens is 1. The minimum Gasteiger partial charge on any atom is -1.00 e. The molecule has 6 amide bonds. The summed E-state index contributed by atoms with van der Waals surface area (Å²) in [6.07, 6.45) is 10.5. The van der Waals surface area contributed by atoms with Gasteiger partial charge in [0.2, 0.25) is 23.3 Å². The standard InChI is InChI=1S/C27H41N3O5.C26H44N4O5.C12H15NO2.C10H17NO3.C5H9N.CH4.ClH/c1-26(2,3)28-23(31)22(20-14-10-17-30(20)25(33)35-27(4,5)6)29-16-11-15-21(29)24(32)34-18-19-12-8-7-9-13-19;1-17(31)18-11-8-15-29(18)23(33)20-13-10-14-28(20)21(22(32)27-25(2,3)4)19-12-9-16-30(19)24(34)35-26(5,6)7;14-12(11-7-4-8-13-11)15-9-10-5-2-1-3-6-10;1-10(2,3)14-9(13)11-6-4-5-8(11)7-12;1-5(2,3)6-4;;/h7-9,12-13,20-22H,10-11,14-18H2,1-6H3,(H,28,31);18-21H,8-16H2,1-7H3,(H,27,32);1-3,5-6,11,13H,4,7-9H2;7-8H,4-6H2,1-3H3;1-3H3;1H4;1H/t20-,21-,22?;18-,19-,20-,21?;11-;8-;;;/m0000.../s1. The number of hydrogen-bond donors (Lipinski definition) is 3. The van der Waals surface area contributed by atoms with Gasteiger partial charge in [0.25, 0.3) is 0 Å². The molecule has 2 aromatic carbocycles. The SMILES string of the molecule is C.CC(=O)[C@@H]1CCCN1C(=O)[C@@H]1CCCN1C(C(=O)NC(C)(C)C)[C@@H]1CCCN1C(=O)OC(C)(C)C.CC(C)(C)NC(=O)C([C@@H]1CCCN1C(=O)OC(C)(C)C)N1CCC[C@H]1C(=O)OCc1ccccc1.CC(C)(C)OC(=O)N1CCC[C@H]1C=O.O=C(OCc1ccccc1)[C@@H]1CCC[NH2+]1.[C-]#[N+]C(C)(C)C.[Cl-]. The van der Waals surface area contributed by atoms with Crippen LogP contribution in [0.2, 0.25) is 0 Å². The van der Waals surface area contributed by atoms with Crippen molar-refractivity contribution < 1.29 is 89.4 Å². The van der Waals surface area contributed by atoms with Crippen LogP contribution in [0.4, 0.5) is 14.4 Å². The topological polar surface area (TPSA) is 281 Å². The molecule has 26 heteroatoms. The molecule has 2 aromatic rings. The maximum Gasteiger partial charge on any atom is 0.410 e. The van der Waals surface area contributed by atoms with Crippen LogP contribution >= 0.6 is 0 Å². The van der Waals surface area contributed by atoms with Crippen molar-refractivity contribution in [2.75, 3.05) is 45.8 Å². The first-order chi connectivity index (χ1) is 48.9. The molecule has 0 aliphatic carbocycles. The number of benzene rings is 2. The first-order valence-corrected chi connectivity index (χ1v) is 37.9. The Balaban J connectivity index is 0.000000382. The largest absolute Gasteiger partial charge is 1.00 e. The molecule has 2 unspecified atom stereocenters. The summed E-state index contributed by atoms with van der Waals surface area (Å²) in [4.78, 5) is 140. The number of aldehydes is 1. The Bertz CT molecular complexity index is 3230. The van der Waals surface area contributed by atoms with Crippen molar-refractivity contribution in [3.05, 3.63) is 83.2 Å². The second-order valence-corrected chi connectivity index (χ2v) is 34.5. The molecule has 9 atom stereocenters. The number of esters is 2. The number of carbonyl (C=O) groups is 10. The Morgan fingerprint density at radius 3 is 1.25 bits per heavy atom. The summed E-state index contributed by atoms with van der Waals surface area (Å²) >= 11 is 0. The highest BCUT2D eigenvalue weighted by Crippen LogP contribution is 2.35. The van der Waals surface area contributed by atoms with Gasteiger partial charge in [-0.25, -0.2) is 25.8 Å². The fourth-order valence-corrected chi connectivity index (χ4v) is 13.9. The molecule has 7 aliphatic heterocycles. The van der Waals surface area contributed by atoms with E-state index in [2.05, 4.69) is 20.8 Å². The van der Waals surface area contributed by atoms with Crippen LogP contribution in [0.5, 0.6) is 0 Å². The second-order valence-electron chi connectivity index (χ2n) is 34.5. The predicted octanol–water partition coefficient (Wildman–Crippen LogP) is 7.98. The van der Waals surface area contributed by atoms with Crippen molar-refractivity contribution in [2.45, 2.75) is 330 Å². The van der Waals surface area contributed by atoms with Gasteiger partial charge in [-0.15, -0.1) is 0 Å². The molecule has 7 fully saturated rings. The number of rotatable bonds is 15. The van der Waals surface area contributed by atoms with Gasteiger partial charge < -0.3 is 76.4 Å². The molecule has 0 bridgehead atoms. The maximum atomic E-state index is 13.7. The van der Waals surface area contributed by atoms with E-state index in [0.29, 0.717) is 78.0 Å². The van der Waals surface area contributed by atoms with E-state index in [0.717, 1.165) is 81.7 Å². The number of halogens is 1. The van der Waals surface area contributed by atoms with Gasteiger partial charge in [-0.1, -0.05) is 68.1 Å². The van der Waals surface area contributed by atoms with Crippen LogP contribution in [0, 0.1) is 6.57 Å². The summed E-state index contributed by atoms with van der Waals surface area (Å²) < 4.78 is 27.4. The lowest BCUT2D eigenvalue weighted by atomic mass is 9.99. The van der Waals surface area contributed by atoms with Crippen LogP contribution in [0.1, 0.15) is 240 Å². The second kappa shape index (κ2) is 42.0. The number of nitrogens with one attached hydrogen (secondary N) is 2. The Kier molecular flexibility index (Phi) is 36.8. The van der Waals surface area contributed by atoms with Crippen LogP contribution in [0.3, 0.4) is 0 Å². The lowest BCUT2D eigenvalue weighted by Gasteiger charge is -2.41. The van der Waals surface area contributed by atoms with Gasteiger partial charge >= 0.3 is 30.2 Å². The van der Waals surface area contributed by atoms with Gasteiger partial charge in [0.15, 0.2) is 11.8 Å². The number of likely N-dealkylation sites (tertiary alicyclic amines) is 6. The molecule has 0 saturated carbocycles. The molecule has 7 saturated heterocycles. The fourth-order valence-electron chi connectivity index (χ4n) is 13.9. The van der Waals surface area contributed by atoms with Crippen molar-refractivity contribution in [3.8, 4) is 0 Å². The summed E-state index contributed by atoms with van der Waals surface area (Å²) in [7, 11) is 0. The van der Waals surface area contributed by atoms with E-state index in [1.165, 1.54) is 4.90 Å². The number of ether oxygens (including phenoxy) is 5. The minimum atomic E-state index is -0.668. The lowest BCUT2D eigenvalue weighted by molar-refractivity contribution is -0.659. The van der Waals surface area contributed by atoms with E-state index < -0.39 is 64.2 Å². The smallest absolute Gasteiger partial charge is 0.410 e. The number of nitrogens with zero attached hydrogens (tertiary/aromatic N) is 7. The van der Waals surface area contributed by atoms with E-state index >= 15 is 0 Å². The Morgan fingerprint density at radius 1 is 0.495 bits per heavy atom. The summed E-state index contributed by atoms with van der Waals surface area (Å²) in [6, 6.07) is 15.6. The Hall–Kier alpha value is -7.40. The fraction of sp³-hybridized carbons (Fsp3) is 0.716. The van der Waals surface area contributed by atoms with Crippen LogP contribution in [-0.4, -0.2) is 223 Å². The van der Waals surface area contributed by atoms with Gasteiger partial charge in [0.05, 0.1) is 36.8 Å². The number of hydrogen-bond acceptors (Lipinski definition) is 17. The average Bonchev–Trinajstić information content (AvgIpc) is 1.67. The molecule has 7 aliphatic rings. The molecule has 0 spiro atoms. The van der Waals surface area contributed by atoms with Crippen molar-refractivity contribution in [2.24, 2.45) is 0 Å². The highest BCUT2D eigenvalue weighted by molar-refractivity contribution is 5.92. The monoisotopic (exact) mass is 1520 g/mol. The van der Waals surface area contributed by atoms with E-state index in [1.807, 2.05) is 195 Å². The Morgan fingerprint density at radius 2 is 0.860 bits per heavy atom. The summed E-state index contributed by atoms with van der Waals surface area (Å²) in [5.74, 6) is -0.828. The Labute approximate surface area is 645 Å². The first kappa shape index (κ1) is 93.8. The zero-order valence-corrected chi connectivity index (χ0v) is 67.8. The molecule has 602 valence electrons. The number of carbonyl (C=O) groups excluding carboxylic acids is 10. The number of Topliss-reactive ketones (excluding diaryl/α,β-unsaturated/α-hetero) is 1. The predicted molar refractivity (Wildman–Crippen MR) is 408 cm³/mol. The average molecular weight is 1520 g/mol. The van der Waals surface area contributed by atoms with Crippen LogP contribution in [-0.2, 0) is 70.5 Å². The van der Waals surface area contributed by atoms with Gasteiger partial charge in [-0.2, -0.15) is 0 Å². The third kappa shape index (κ3) is 31.2. The molecule has 9 rings (SSSR count). The molecular weight excluding hydrogens is 1390 g/mol. The van der Waals surface area contributed by atoms with E-state index in [9.17, 15) is 47.9 Å². The number of ketones is 1. The normalized spacial score (nSPS) is 22.2. The van der Waals surface area contributed by atoms with Gasteiger partial charge in [-0.05, 0) is 212 Å². The lowest BCUT2D eigenvalue weighted by Crippen LogP contribution is -3.00. The summed E-state index contributed by atoms with van der Waals surface area (Å²) in [5, 5.41) is 8.25. The molecule has 7 heterocycles. The number of nitrogens with two attached hydrogens (primary N) is 1. The van der Waals surface area contributed by atoms with E-state index in [-0.39, 0.29) is 104 Å². The van der Waals surface area contributed by atoms with Gasteiger partial charge in [-0.3, -0.25) is 38.7 Å². The zero-order chi connectivity index (χ0) is 78.4. The zero-order valence-electron chi connectivity index (χ0n) is 67.0. The first-order valence-electron chi connectivity index (χ1n) is 37.9. The maximum absolute atomic E-state index is 13.7. The van der Waals surface area contributed by atoms with Crippen LogP contribution in [0.25, 0.3) is 4.85 Å². The van der Waals surface area contributed by atoms with Gasteiger partial charge in [0, 0.05) is 70.9 Å². The van der Waals surface area contributed by atoms with E-state index in [4.69, 9.17) is 30.3 Å². The minimum absolute atomic E-state index is 0. The number of amides is 6. The van der Waals surface area contributed by atoms with Crippen LogP contribution in [0.15, 0.2) is 60.7 Å². The molecular formula is C81H131ClN10O15. The highest BCUT2D eigenvalue weighted by atomic mass is 35.5. The van der Waals surface area contributed by atoms with Crippen molar-refractivity contribution in [3.63, 3.8) is 0 Å². The molecule has 0 radical (unpaired) electrons. The molecule has 0 aromatic heterocycles. The van der Waals surface area contributed by atoms with Gasteiger partial charge in [0.1, 0.15) is 54.4 Å². The summed E-state index contributed by atoms with van der Waals surface area (Å²) in [6.45, 7) is 46.7. The quantitative estimate of drug-likeness (QED) is 0.0659. The van der Waals surface area contributed by atoms with Crippen LogP contribution < -0.4 is 28.4 Å². The highest BCUT2D eigenvalue weighted by Gasteiger charge is 2.51. The third-order valence-electron chi connectivity index (χ3n) is 18.3. The molecule has 4 N–H and O–H groups in total. The van der Waals surface area contributed by atoms with Crippen molar-refractivity contribution in [1.82, 2.24) is 40.0 Å². The van der Waals surface area contributed by atoms with Crippen molar-refractivity contribution >= 4 is 60.0 Å².